The van der Waals surface area contributed by atoms with Crippen molar-refractivity contribution in [2.24, 2.45) is 11.7 Å². The zero-order valence-electron chi connectivity index (χ0n) is 16.4. The first-order chi connectivity index (χ1) is 12.7. The van der Waals surface area contributed by atoms with Crippen LogP contribution in [0.1, 0.15) is 39.3 Å². The number of fused-ring (bicyclic) bond motifs is 1. The monoisotopic (exact) mass is 395 g/mol. The predicted molar refractivity (Wildman–Crippen MR) is 110 cm³/mol. The largest absolute Gasteiger partial charge is 0.491 e. The van der Waals surface area contributed by atoms with Crippen LogP contribution in [0.3, 0.4) is 0 Å². The zero-order chi connectivity index (χ0) is 20.2. The van der Waals surface area contributed by atoms with Gasteiger partial charge in [0.15, 0.2) is 0 Å². The lowest BCUT2D eigenvalue weighted by molar-refractivity contribution is 0.304. The number of unbranched alkanes of at least 4 members (excludes halogenated alkanes) is 1. The van der Waals surface area contributed by atoms with Crippen LogP contribution in [-0.4, -0.2) is 25.8 Å². The number of ether oxygens (including phenoxy) is 1. The first-order valence-corrected chi connectivity index (χ1v) is 11.1. The van der Waals surface area contributed by atoms with Gasteiger partial charge in [0.05, 0.1) is 23.9 Å². The number of sulfonamides is 1. The second-order valence-corrected chi connectivity index (χ2v) is 8.87. The Kier molecular flexibility index (Phi) is 6.89. The minimum Gasteiger partial charge on any atom is -0.491 e. The van der Waals surface area contributed by atoms with E-state index >= 15 is 0 Å². The quantitative estimate of drug-likeness (QED) is 0.635. The van der Waals surface area contributed by atoms with Gasteiger partial charge in [0, 0.05) is 24.2 Å². The highest BCUT2D eigenvalue weighted by atomic mass is 32.2. The molecule has 0 fully saturated rings. The number of hydrogen-bond acceptors (Lipinski definition) is 5. The van der Waals surface area contributed by atoms with Gasteiger partial charge in [-0.3, -0.25) is 9.52 Å². The minimum atomic E-state index is -3.43. The molecule has 0 aliphatic rings. The summed E-state index contributed by atoms with van der Waals surface area (Å²) >= 11 is 0. The Bertz CT molecular complexity index is 965. The van der Waals surface area contributed by atoms with Gasteiger partial charge in [-0.15, -0.1) is 0 Å². The number of hydrogen-bond donors (Lipinski definition) is 2. The fourth-order valence-corrected chi connectivity index (χ4v) is 3.54. The van der Waals surface area contributed by atoms with E-state index in [0.29, 0.717) is 41.1 Å². The average molecular weight is 396 g/mol. The van der Waals surface area contributed by atoms with Gasteiger partial charge in [0.1, 0.15) is 5.75 Å². The lowest BCUT2D eigenvalue weighted by Crippen LogP contribution is -2.28. The average Bonchev–Trinajstić information content (AvgIpc) is 2.57. The molecular formula is C19H29N3O4S. The summed E-state index contributed by atoms with van der Waals surface area (Å²) in [5.74, 6) is 0.818. The maximum absolute atomic E-state index is 13.0. The van der Waals surface area contributed by atoms with Crippen molar-refractivity contribution in [1.29, 1.82) is 0 Å². The summed E-state index contributed by atoms with van der Waals surface area (Å²) in [5.41, 5.74) is 6.85. The van der Waals surface area contributed by atoms with E-state index in [1.807, 2.05) is 13.8 Å². The highest BCUT2D eigenvalue weighted by molar-refractivity contribution is 7.92. The fraction of sp³-hybridized carbons (Fsp3) is 0.526. The molecule has 0 aliphatic heterocycles. The summed E-state index contributed by atoms with van der Waals surface area (Å²) in [6, 6.07) is 4.86. The molecule has 3 N–H and O–H groups in total. The maximum atomic E-state index is 13.0. The number of nitrogens with one attached hydrogen (secondary N) is 1. The van der Waals surface area contributed by atoms with Crippen LogP contribution < -0.4 is 20.8 Å². The Hall–Kier alpha value is -2.06. The number of benzene rings is 1. The molecule has 1 heterocycles. The Balaban J connectivity index is 2.75. The molecule has 2 aromatic rings. The van der Waals surface area contributed by atoms with Crippen molar-refractivity contribution in [2.45, 2.75) is 46.7 Å². The van der Waals surface area contributed by atoms with Gasteiger partial charge < -0.3 is 15.0 Å². The molecule has 0 saturated carbocycles. The van der Waals surface area contributed by atoms with Gasteiger partial charge in [-0.05, 0) is 30.5 Å². The summed E-state index contributed by atoms with van der Waals surface area (Å²) in [6.45, 7) is 7.33. The molecule has 0 radical (unpaired) electrons. The smallest absolute Gasteiger partial charge is 0.258 e. The standard InChI is InChI=1S/C19H29N3O4S/c1-5-6-9-26-18-16-10-14(21-27(4,24)25)7-8-15(16)19(23)22(12-13(2)3)17(18)11-20/h7-8,10,13,21H,5-6,9,11-12,20H2,1-4H3. The summed E-state index contributed by atoms with van der Waals surface area (Å²) in [5, 5.41) is 1.06. The van der Waals surface area contributed by atoms with E-state index in [1.54, 1.807) is 22.8 Å². The molecule has 1 aromatic carbocycles. The third-order valence-electron chi connectivity index (χ3n) is 4.12. The summed E-state index contributed by atoms with van der Waals surface area (Å²) in [7, 11) is -3.43. The molecule has 1 aromatic heterocycles. The van der Waals surface area contributed by atoms with Crippen molar-refractivity contribution < 1.29 is 13.2 Å². The molecule has 0 saturated heterocycles. The van der Waals surface area contributed by atoms with Crippen LogP contribution in [-0.2, 0) is 23.1 Å². The van der Waals surface area contributed by atoms with Crippen LogP contribution in [0.15, 0.2) is 23.0 Å². The van der Waals surface area contributed by atoms with E-state index in [-0.39, 0.29) is 18.0 Å². The van der Waals surface area contributed by atoms with E-state index in [4.69, 9.17) is 10.5 Å². The van der Waals surface area contributed by atoms with Crippen molar-refractivity contribution in [2.75, 3.05) is 17.6 Å². The number of aromatic nitrogens is 1. The zero-order valence-corrected chi connectivity index (χ0v) is 17.2. The van der Waals surface area contributed by atoms with E-state index in [0.717, 1.165) is 19.1 Å². The highest BCUT2D eigenvalue weighted by Crippen LogP contribution is 2.31. The third-order valence-corrected chi connectivity index (χ3v) is 4.72. The third kappa shape index (κ3) is 5.23. The molecule has 2 rings (SSSR count). The Labute approximate surface area is 160 Å². The summed E-state index contributed by atoms with van der Waals surface area (Å²) in [4.78, 5) is 13.0. The molecule has 27 heavy (non-hydrogen) atoms. The van der Waals surface area contributed by atoms with Crippen LogP contribution in [0, 0.1) is 5.92 Å². The van der Waals surface area contributed by atoms with Gasteiger partial charge in [0.2, 0.25) is 10.0 Å². The van der Waals surface area contributed by atoms with E-state index in [2.05, 4.69) is 11.6 Å². The molecule has 0 unspecified atom stereocenters. The van der Waals surface area contributed by atoms with Crippen molar-refractivity contribution in [3.05, 3.63) is 34.2 Å². The second kappa shape index (κ2) is 8.75. The van der Waals surface area contributed by atoms with Crippen molar-refractivity contribution in [3.63, 3.8) is 0 Å². The number of rotatable bonds is 9. The number of pyridine rings is 1. The second-order valence-electron chi connectivity index (χ2n) is 7.13. The van der Waals surface area contributed by atoms with Crippen LogP contribution in [0.2, 0.25) is 0 Å². The molecule has 8 heteroatoms. The van der Waals surface area contributed by atoms with E-state index in [1.165, 1.54) is 0 Å². The molecular weight excluding hydrogens is 366 g/mol. The molecule has 0 atom stereocenters. The minimum absolute atomic E-state index is 0.145. The molecule has 150 valence electrons. The molecule has 0 spiro atoms. The van der Waals surface area contributed by atoms with Crippen molar-refractivity contribution in [1.82, 2.24) is 4.57 Å². The summed E-state index contributed by atoms with van der Waals surface area (Å²) < 4.78 is 33.3. The molecule has 0 amide bonds. The SMILES string of the molecule is CCCCOc1c(CN)n(CC(C)C)c(=O)c2ccc(NS(C)(=O)=O)cc12. The van der Waals surface area contributed by atoms with Crippen LogP contribution in [0.5, 0.6) is 5.75 Å². The topological polar surface area (TPSA) is 103 Å². The predicted octanol–water partition coefficient (Wildman–Crippen LogP) is 2.67. The van der Waals surface area contributed by atoms with Crippen LogP contribution >= 0.6 is 0 Å². The van der Waals surface area contributed by atoms with E-state index in [9.17, 15) is 13.2 Å². The number of anilines is 1. The number of nitrogens with two attached hydrogens (primary N) is 1. The first kappa shape index (κ1) is 21.2. The van der Waals surface area contributed by atoms with Crippen LogP contribution in [0.25, 0.3) is 10.8 Å². The molecule has 0 aliphatic carbocycles. The lowest BCUT2D eigenvalue weighted by Gasteiger charge is -2.21. The van der Waals surface area contributed by atoms with Gasteiger partial charge in [0.25, 0.3) is 5.56 Å². The van der Waals surface area contributed by atoms with Crippen LogP contribution in [0.4, 0.5) is 5.69 Å². The van der Waals surface area contributed by atoms with Gasteiger partial charge >= 0.3 is 0 Å². The Morgan fingerprint density at radius 3 is 2.52 bits per heavy atom. The highest BCUT2D eigenvalue weighted by Gasteiger charge is 2.18. The lowest BCUT2D eigenvalue weighted by atomic mass is 10.1. The molecule has 7 nitrogen and oxygen atoms in total. The van der Waals surface area contributed by atoms with Gasteiger partial charge in [-0.25, -0.2) is 8.42 Å². The Morgan fingerprint density at radius 2 is 1.96 bits per heavy atom. The van der Waals surface area contributed by atoms with Crippen molar-refractivity contribution >= 4 is 26.5 Å². The summed E-state index contributed by atoms with van der Waals surface area (Å²) in [6.07, 6.45) is 2.93. The van der Waals surface area contributed by atoms with Gasteiger partial charge in [-0.1, -0.05) is 27.2 Å². The normalized spacial score (nSPS) is 11.9. The maximum Gasteiger partial charge on any atom is 0.258 e. The number of nitrogens with zero attached hydrogens (tertiary/aromatic N) is 1. The Morgan fingerprint density at radius 1 is 1.26 bits per heavy atom. The first-order valence-electron chi connectivity index (χ1n) is 9.18. The fourth-order valence-electron chi connectivity index (χ4n) is 2.98. The van der Waals surface area contributed by atoms with Crippen molar-refractivity contribution in [3.8, 4) is 5.75 Å². The van der Waals surface area contributed by atoms with E-state index < -0.39 is 10.0 Å². The molecule has 0 bridgehead atoms. The van der Waals surface area contributed by atoms with Gasteiger partial charge in [-0.2, -0.15) is 0 Å².